The van der Waals surface area contributed by atoms with Gasteiger partial charge in [0.2, 0.25) is 0 Å². The van der Waals surface area contributed by atoms with Gasteiger partial charge < -0.3 is 25.8 Å². The van der Waals surface area contributed by atoms with E-state index in [1.807, 2.05) is 0 Å². The largest absolute Gasteiger partial charge is 0.507 e. The molecule has 8 nitrogen and oxygen atoms in total. The van der Waals surface area contributed by atoms with Gasteiger partial charge in [0.1, 0.15) is 17.2 Å². The van der Waals surface area contributed by atoms with Gasteiger partial charge in [0.25, 0.3) is 5.91 Å². The van der Waals surface area contributed by atoms with Crippen LogP contribution in [0.1, 0.15) is 23.2 Å². The zero-order chi connectivity index (χ0) is 21.3. The number of carbonyl (C=O) groups excluding carboxylic acids is 2. The predicted molar refractivity (Wildman–Crippen MR) is 114 cm³/mol. The molecule has 1 aliphatic carbocycles. The number of fused-ring (bicyclic) bond motifs is 1. The van der Waals surface area contributed by atoms with Crippen molar-refractivity contribution in [1.82, 2.24) is 15.6 Å². The Kier molecular flexibility index (Phi) is 5.33. The molecule has 9 heteroatoms. The summed E-state index contributed by atoms with van der Waals surface area (Å²) in [5.41, 5.74) is 1.05. The first-order chi connectivity index (χ1) is 14.4. The van der Waals surface area contributed by atoms with E-state index in [1.165, 1.54) is 25.4 Å². The second-order valence-corrected chi connectivity index (χ2v) is 7.30. The van der Waals surface area contributed by atoms with Gasteiger partial charge >= 0.3 is 6.03 Å². The van der Waals surface area contributed by atoms with Gasteiger partial charge in [-0.25, -0.2) is 4.79 Å². The number of aromatic hydroxyl groups is 1. The van der Waals surface area contributed by atoms with Gasteiger partial charge in [-0.1, -0.05) is 11.6 Å². The maximum Gasteiger partial charge on any atom is 0.319 e. The second-order valence-electron chi connectivity index (χ2n) is 6.89. The number of nitrogens with one attached hydrogen (secondary N) is 3. The van der Waals surface area contributed by atoms with Crippen LogP contribution in [-0.4, -0.2) is 35.1 Å². The van der Waals surface area contributed by atoms with Gasteiger partial charge in [0.05, 0.1) is 21.8 Å². The summed E-state index contributed by atoms with van der Waals surface area (Å²) in [6.07, 6.45) is 3.52. The van der Waals surface area contributed by atoms with E-state index in [4.69, 9.17) is 16.3 Å². The number of halogens is 1. The highest BCUT2D eigenvalue weighted by atomic mass is 35.5. The summed E-state index contributed by atoms with van der Waals surface area (Å²) in [5.74, 6) is 0.283. The molecule has 1 saturated carbocycles. The van der Waals surface area contributed by atoms with E-state index in [9.17, 15) is 14.7 Å². The third-order valence-corrected chi connectivity index (χ3v) is 4.93. The van der Waals surface area contributed by atoms with E-state index >= 15 is 0 Å². The summed E-state index contributed by atoms with van der Waals surface area (Å²) in [4.78, 5) is 28.1. The molecule has 4 rings (SSSR count). The first kappa shape index (κ1) is 19.8. The van der Waals surface area contributed by atoms with Crippen LogP contribution in [0.5, 0.6) is 17.2 Å². The van der Waals surface area contributed by atoms with Crippen molar-refractivity contribution in [3.8, 4) is 17.2 Å². The summed E-state index contributed by atoms with van der Waals surface area (Å²) in [7, 11) is 1.48. The van der Waals surface area contributed by atoms with E-state index in [-0.39, 0.29) is 23.4 Å². The lowest BCUT2D eigenvalue weighted by molar-refractivity contribution is 0.0960. The molecule has 1 aromatic heterocycles. The minimum atomic E-state index is -0.424. The zero-order valence-electron chi connectivity index (χ0n) is 16.0. The minimum Gasteiger partial charge on any atom is -0.507 e. The van der Waals surface area contributed by atoms with Crippen LogP contribution in [0.2, 0.25) is 5.02 Å². The Labute approximate surface area is 177 Å². The third-order valence-electron chi connectivity index (χ3n) is 4.62. The van der Waals surface area contributed by atoms with E-state index in [0.29, 0.717) is 33.1 Å². The van der Waals surface area contributed by atoms with Crippen molar-refractivity contribution < 1.29 is 19.4 Å². The van der Waals surface area contributed by atoms with Crippen LogP contribution in [0.3, 0.4) is 0 Å². The number of phenols is 1. The molecule has 0 radical (unpaired) electrons. The van der Waals surface area contributed by atoms with E-state index in [1.54, 1.807) is 24.3 Å². The first-order valence-electron chi connectivity index (χ1n) is 9.33. The van der Waals surface area contributed by atoms with Crippen molar-refractivity contribution in [1.29, 1.82) is 0 Å². The van der Waals surface area contributed by atoms with Crippen molar-refractivity contribution in [3.63, 3.8) is 0 Å². The van der Waals surface area contributed by atoms with Crippen molar-refractivity contribution >= 4 is 40.1 Å². The van der Waals surface area contributed by atoms with Gasteiger partial charge in [0, 0.05) is 36.8 Å². The summed E-state index contributed by atoms with van der Waals surface area (Å²) in [5, 5.41) is 19.0. The van der Waals surface area contributed by atoms with Gasteiger partial charge in [0.15, 0.2) is 0 Å². The van der Waals surface area contributed by atoms with Crippen LogP contribution in [-0.2, 0) is 0 Å². The van der Waals surface area contributed by atoms with Crippen molar-refractivity contribution in [2.24, 2.45) is 0 Å². The number of aromatic nitrogens is 1. The third kappa shape index (κ3) is 4.23. The van der Waals surface area contributed by atoms with Crippen molar-refractivity contribution in [2.75, 3.05) is 12.4 Å². The molecule has 30 heavy (non-hydrogen) atoms. The highest BCUT2D eigenvalue weighted by Gasteiger charge is 2.23. The Bertz CT molecular complexity index is 1150. The Balaban J connectivity index is 1.59. The van der Waals surface area contributed by atoms with Crippen LogP contribution < -0.4 is 20.7 Å². The lowest BCUT2D eigenvalue weighted by Gasteiger charge is -2.13. The van der Waals surface area contributed by atoms with Gasteiger partial charge in [-0.2, -0.15) is 0 Å². The molecule has 154 valence electrons. The number of hydrogen-bond donors (Lipinski definition) is 4. The highest BCUT2D eigenvalue weighted by Crippen LogP contribution is 2.35. The average molecular weight is 427 g/mol. The number of pyridine rings is 1. The van der Waals surface area contributed by atoms with Crippen LogP contribution in [0.25, 0.3) is 10.9 Å². The number of benzene rings is 2. The van der Waals surface area contributed by atoms with Crippen LogP contribution in [0.4, 0.5) is 10.5 Å². The number of ether oxygens (including phenoxy) is 1. The average Bonchev–Trinajstić information content (AvgIpc) is 3.53. The lowest BCUT2D eigenvalue weighted by Crippen LogP contribution is -2.30. The molecular formula is C21H19ClN4O4. The van der Waals surface area contributed by atoms with Crippen molar-refractivity contribution in [3.05, 3.63) is 53.2 Å². The maximum atomic E-state index is 12.0. The molecule has 0 spiro atoms. The number of carbonyl (C=O) groups is 2. The molecule has 4 N–H and O–H groups in total. The molecule has 2 aromatic carbocycles. The Morgan fingerprint density at radius 2 is 2.00 bits per heavy atom. The standard InChI is InChI=1S/C21H19ClN4O4/c1-23-20(28)14-9-13-17(10-18(14)27)24-7-6-19(13)30-12-4-5-16(15(22)8-12)26-21(29)25-11-2-3-11/h4-11,27H,2-3H2,1H3,(H,23,28)(H2,25,26,29). The molecule has 1 aliphatic rings. The topological polar surface area (TPSA) is 113 Å². The fourth-order valence-electron chi connectivity index (χ4n) is 2.92. The number of amides is 3. The van der Waals surface area contributed by atoms with E-state index < -0.39 is 5.91 Å². The fraction of sp³-hybridized carbons (Fsp3) is 0.190. The van der Waals surface area contributed by atoms with Crippen LogP contribution in [0, 0.1) is 0 Å². The second kappa shape index (κ2) is 8.08. The SMILES string of the molecule is CNC(=O)c1cc2c(Oc3ccc(NC(=O)NC4CC4)c(Cl)c3)ccnc2cc1O. The normalized spacial score (nSPS) is 13.0. The quantitative estimate of drug-likeness (QED) is 0.492. The monoisotopic (exact) mass is 426 g/mol. The Morgan fingerprint density at radius 1 is 1.20 bits per heavy atom. The molecule has 3 amide bonds. The number of hydrogen-bond acceptors (Lipinski definition) is 5. The highest BCUT2D eigenvalue weighted by molar-refractivity contribution is 6.33. The fourth-order valence-corrected chi connectivity index (χ4v) is 3.14. The number of anilines is 1. The van der Waals surface area contributed by atoms with Gasteiger partial charge in [-0.15, -0.1) is 0 Å². The van der Waals surface area contributed by atoms with Gasteiger partial charge in [-0.05, 0) is 37.1 Å². The first-order valence-corrected chi connectivity index (χ1v) is 9.71. The zero-order valence-corrected chi connectivity index (χ0v) is 16.8. The molecule has 0 atom stereocenters. The molecule has 0 unspecified atom stereocenters. The van der Waals surface area contributed by atoms with Crippen LogP contribution >= 0.6 is 11.6 Å². The maximum absolute atomic E-state index is 12.0. The molecule has 3 aromatic rings. The van der Waals surface area contributed by atoms with Crippen molar-refractivity contribution in [2.45, 2.75) is 18.9 Å². The van der Waals surface area contributed by atoms with Crippen LogP contribution in [0.15, 0.2) is 42.6 Å². The molecule has 0 saturated heterocycles. The van der Waals surface area contributed by atoms with E-state index in [2.05, 4.69) is 20.9 Å². The minimum absolute atomic E-state index is 0.113. The Hall–Kier alpha value is -3.52. The van der Waals surface area contributed by atoms with Gasteiger partial charge in [-0.3, -0.25) is 9.78 Å². The number of phenolic OH excluding ortho intramolecular Hbond substituents is 1. The molecule has 1 heterocycles. The summed E-state index contributed by atoms with van der Waals surface area (Å²) >= 11 is 6.30. The molecule has 0 bridgehead atoms. The summed E-state index contributed by atoms with van der Waals surface area (Å²) in [6, 6.07) is 9.42. The number of urea groups is 1. The Morgan fingerprint density at radius 3 is 2.70 bits per heavy atom. The molecule has 0 aliphatic heterocycles. The number of nitrogens with zero attached hydrogens (tertiary/aromatic N) is 1. The lowest BCUT2D eigenvalue weighted by atomic mass is 10.1. The summed E-state index contributed by atoms with van der Waals surface area (Å²) < 4.78 is 5.95. The molecule has 1 fully saturated rings. The molecular weight excluding hydrogens is 408 g/mol. The summed E-state index contributed by atoms with van der Waals surface area (Å²) in [6.45, 7) is 0. The van der Waals surface area contributed by atoms with E-state index in [0.717, 1.165) is 12.8 Å². The predicted octanol–water partition coefficient (Wildman–Crippen LogP) is 4.03. The number of rotatable bonds is 5. The smallest absolute Gasteiger partial charge is 0.319 e.